The standard InChI is InChI=1S/C20H22N2O5/c1-11-5-6-14-15(8-11)18(25)22(17(14)24)12(2)16(23)21-9-13-4-3-7-20(13,10-21)19(26)27/h5-6,8,12-13H,3-4,7,9-10H2,1-2H3,(H,26,27)/t12?,13-,20+/m0/s1. The van der Waals surface area contributed by atoms with Gasteiger partial charge in [-0.1, -0.05) is 18.1 Å². The number of imide groups is 1. The molecule has 1 saturated heterocycles. The van der Waals surface area contributed by atoms with Crippen LogP contribution in [0.4, 0.5) is 0 Å². The molecule has 3 atom stereocenters. The van der Waals surface area contributed by atoms with E-state index < -0.39 is 29.2 Å². The number of carbonyl (C=O) groups excluding carboxylic acids is 3. The van der Waals surface area contributed by atoms with Crippen LogP contribution in [0.5, 0.6) is 0 Å². The Balaban J connectivity index is 1.57. The minimum absolute atomic E-state index is 0.0593. The van der Waals surface area contributed by atoms with E-state index in [1.807, 2.05) is 6.92 Å². The van der Waals surface area contributed by atoms with E-state index >= 15 is 0 Å². The molecule has 1 aromatic rings. The second-order valence-electron chi connectivity index (χ2n) is 7.97. The van der Waals surface area contributed by atoms with Gasteiger partial charge in [0.1, 0.15) is 6.04 Å². The third-order valence-corrected chi connectivity index (χ3v) is 6.43. The third kappa shape index (κ3) is 2.40. The highest BCUT2D eigenvalue weighted by Crippen LogP contribution is 2.49. The predicted octanol–water partition coefficient (Wildman–Crippen LogP) is 1.69. The van der Waals surface area contributed by atoms with Gasteiger partial charge in [0.15, 0.2) is 0 Å². The number of aliphatic carboxylic acids is 1. The molecule has 0 bridgehead atoms. The summed E-state index contributed by atoms with van der Waals surface area (Å²) in [6.45, 7) is 3.90. The zero-order valence-electron chi connectivity index (χ0n) is 15.4. The monoisotopic (exact) mass is 370 g/mol. The molecule has 1 aromatic carbocycles. The molecule has 2 aliphatic heterocycles. The van der Waals surface area contributed by atoms with Crippen molar-refractivity contribution < 1.29 is 24.3 Å². The van der Waals surface area contributed by atoms with Crippen LogP contribution in [0.15, 0.2) is 18.2 Å². The molecule has 3 amide bonds. The van der Waals surface area contributed by atoms with E-state index in [2.05, 4.69) is 0 Å². The zero-order chi connectivity index (χ0) is 19.5. The Morgan fingerprint density at radius 2 is 1.93 bits per heavy atom. The number of fused-ring (bicyclic) bond motifs is 2. The first-order valence-electron chi connectivity index (χ1n) is 9.27. The molecule has 0 radical (unpaired) electrons. The highest BCUT2D eigenvalue weighted by atomic mass is 16.4. The second-order valence-corrected chi connectivity index (χ2v) is 7.97. The van der Waals surface area contributed by atoms with Gasteiger partial charge in [-0.15, -0.1) is 0 Å². The molecule has 7 nitrogen and oxygen atoms in total. The highest BCUT2D eigenvalue weighted by molar-refractivity contribution is 6.22. The van der Waals surface area contributed by atoms with Gasteiger partial charge in [0.05, 0.1) is 16.5 Å². The number of hydrogen-bond acceptors (Lipinski definition) is 4. The van der Waals surface area contributed by atoms with E-state index in [1.54, 1.807) is 25.1 Å². The van der Waals surface area contributed by atoms with Crippen molar-refractivity contribution in [2.75, 3.05) is 13.1 Å². The molecule has 1 unspecified atom stereocenters. The fraction of sp³-hybridized carbons (Fsp3) is 0.500. The SMILES string of the molecule is Cc1ccc2c(c1)C(=O)N(C(C)C(=O)N1C[C@@H]3CCC[C@@]3(C(=O)O)C1)C2=O. The summed E-state index contributed by atoms with van der Waals surface area (Å²) in [5.74, 6) is -2.22. The lowest BCUT2D eigenvalue weighted by Gasteiger charge is -2.28. The number of benzene rings is 1. The third-order valence-electron chi connectivity index (χ3n) is 6.43. The maximum Gasteiger partial charge on any atom is 0.311 e. The van der Waals surface area contributed by atoms with Gasteiger partial charge in [-0.05, 0) is 44.7 Å². The quantitative estimate of drug-likeness (QED) is 0.817. The van der Waals surface area contributed by atoms with E-state index in [9.17, 15) is 24.3 Å². The lowest BCUT2D eigenvalue weighted by Crippen LogP contribution is -2.49. The summed E-state index contributed by atoms with van der Waals surface area (Å²) in [5.41, 5.74) is 0.617. The molecule has 4 rings (SSSR count). The Hall–Kier alpha value is -2.70. The molecule has 7 heteroatoms. The molecule has 3 aliphatic rings. The number of carboxylic acid groups (broad SMARTS) is 1. The number of carboxylic acids is 1. The van der Waals surface area contributed by atoms with Gasteiger partial charge in [0.2, 0.25) is 5.91 Å². The molecule has 0 aromatic heterocycles. The van der Waals surface area contributed by atoms with Crippen LogP contribution in [0.3, 0.4) is 0 Å². The molecule has 1 N–H and O–H groups in total. The lowest BCUT2D eigenvalue weighted by atomic mass is 9.81. The van der Waals surface area contributed by atoms with E-state index in [4.69, 9.17) is 0 Å². The number of hydrogen-bond donors (Lipinski definition) is 1. The van der Waals surface area contributed by atoms with Crippen molar-refractivity contribution in [3.05, 3.63) is 34.9 Å². The average Bonchev–Trinajstić information content (AvgIpc) is 3.25. The largest absolute Gasteiger partial charge is 0.481 e. The van der Waals surface area contributed by atoms with Crippen LogP contribution < -0.4 is 0 Å². The van der Waals surface area contributed by atoms with Crippen LogP contribution in [0.25, 0.3) is 0 Å². The van der Waals surface area contributed by atoms with Gasteiger partial charge in [-0.2, -0.15) is 0 Å². The Kier molecular flexibility index (Phi) is 3.87. The zero-order valence-corrected chi connectivity index (χ0v) is 15.4. The summed E-state index contributed by atoms with van der Waals surface area (Å²) < 4.78 is 0. The topological polar surface area (TPSA) is 95.0 Å². The van der Waals surface area contributed by atoms with Crippen LogP contribution in [0, 0.1) is 18.3 Å². The maximum atomic E-state index is 13.0. The van der Waals surface area contributed by atoms with Crippen LogP contribution >= 0.6 is 0 Å². The first kappa shape index (κ1) is 17.7. The molecule has 1 aliphatic carbocycles. The van der Waals surface area contributed by atoms with Crippen LogP contribution in [-0.4, -0.2) is 57.7 Å². The fourth-order valence-electron chi connectivity index (χ4n) is 4.91. The van der Waals surface area contributed by atoms with Gasteiger partial charge in [-0.3, -0.25) is 24.1 Å². The fourth-order valence-corrected chi connectivity index (χ4v) is 4.91. The van der Waals surface area contributed by atoms with Gasteiger partial charge in [0.25, 0.3) is 11.8 Å². The van der Waals surface area contributed by atoms with E-state index in [0.29, 0.717) is 24.1 Å². The summed E-state index contributed by atoms with van der Waals surface area (Å²) in [5, 5.41) is 9.70. The van der Waals surface area contributed by atoms with E-state index in [-0.39, 0.29) is 18.4 Å². The number of likely N-dealkylation sites (tertiary alicyclic amines) is 1. The molecule has 27 heavy (non-hydrogen) atoms. The van der Waals surface area contributed by atoms with Crippen LogP contribution in [0.2, 0.25) is 0 Å². The number of carbonyl (C=O) groups is 4. The van der Waals surface area contributed by atoms with Crippen molar-refractivity contribution >= 4 is 23.7 Å². The second kappa shape index (κ2) is 5.90. The molecular formula is C20H22N2O5. The minimum atomic E-state index is -0.956. The first-order chi connectivity index (χ1) is 12.8. The van der Waals surface area contributed by atoms with Crippen LogP contribution in [0.1, 0.15) is 52.5 Å². The van der Waals surface area contributed by atoms with Gasteiger partial charge >= 0.3 is 5.97 Å². The van der Waals surface area contributed by atoms with E-state index in [1.165, 1.54) is 4.90 Å². The summed E-state index contributed by atoms with van der Waals surface area (Å²) in [6, 6.07) is 4.08. The number of aryl methyl sites for hydroxylation is 1. The van der Waals surface area contributed by atoms with Crippen molar-refractivity contribution in [1.82, 2.24) is 9.80 Å². The molecule has 1 saturated carbocycles. The summed E-state index contributed by atoms with van der Waals surface area (Å²) in [6.07, 6.45) is 2.21. The summed E-state index contributed by atoms with van der Waals surface area (Å²) in [4.78, 5) is 52.8. The minimum Gasteiger partial charge on any atom is -0.481 e. The van der Waals surface area contributed by atoms with Crippen molar-refractivity contribution in [3.8, 4) is 0 Å². The molecule has 2 heterocycles. The maximum absolute atomic E-state index is 13.0. The Morgan fingerprint density at radius 3 is 2.59 bits per heavy atom. The molecular weight excluding hydrogens is 348 g/mol. The lowest BCUT2D eigenvalue weighted by molar-refractivity contribution is -0.149. The number of nitrogens with zero attached hydrogens (tertiary/aromatic N) is 2. The van der Waals surface area contributed by atoms with Crippen molar-refractivity contribution in [3.63, 3.8) is 0 Å². The van der Waals surface area contributed by atoms with Crippen molar-refractivity contribution in [2.45, 2.75) is 39.2 Å². The Bertz CT molecular complexity index is 879. The first-order valence-corrected chi connectivity index (χ1v) is 9.27. The van der Waals surface area contributed by atoms with Gasteiger partial charge in [-0.25, -0.2) is 0 Å². The van der Waals surface area contributed by atoms with Gasteiger partial charge in [0, 0.05) is 13.1 Å². The molecule has 0 spiro atoms. The smallest absolute Gasteiger partial charge is 0.311 e. The van der Waals surface area contributed by atoms with E-state index in [0.717, 1.165) is 23.3 Å². The number of rotatable bonds is 3. The normalized spacial score (nSPS) is 27.7. The highest BCUT2D eigenvalue weighted by Gasteiger charge is 2.56. The van der Waals surface area contributed by atoms with Crippen molar-refractivity contribution in [1.29, 1.82) is 0 Å². The average molecular weight is 370 g/mol. The Labute approximate surface area is 156 Å². The van der Waals surface area contributed by atoms with Crippen molar-refractivity contribution in [2.24, 2.45) is 11.3 Å². The summed E-state index contributed by atoms with van der Waals surface area (Å²) >= 11 is 0. The number of amides is 3. The van der Waals surface area contributed by atoms with Crippen LogP contribution in [-0.2, 0) is 9.59 Å². The Morgan fingerprint density at radius 1 is 1.22 bits per heavy atom. The molecule has 142 valence electrons. The summed E-state index contributed by atoms with van der Waals surface area (Å²) in [7, 11) is 0. The predicted molar refractivity (Wildman–Crippen MR) is 95.1 cm³/mol. The molecule has 2 fully saturated rings. The van der Waals surface area contributed by atoms with Gasteiger partial charge < -0.3 is 10.0 Å².